The van der Waals surface area contributed by atoms with Crippen LogP contribution >= 0.6 is 11.3 Å². The van der Waals surface area contributed by atoms with E-state index in [1.165, 1.54) is 28.2 Å². The molecule has 0 aliphatic rings. The van der Waals surface area contributed by atoms with Gasteiger partial charge in [-0.05, 0) is 55.3 Å². The summed E-state index contributed by atoms with van der Waals surface area (Å²) in [7, 11) is 0. The Kier molecular flexibility index (Phi) is 5.41. The summed E-state index contributed by atoms with van der Waals surface area (Å²) >= 11 is 1.49. The number of fused-ring (bicyclic) bond motifs is 1. The Bertz CT molecular complexity index is 1250. The second kappa shape index (κ2) is 8.31. The minimum Gasteiger partial charge on any atom is -0.382 e. The van der Waals surface area contributed by atoms with Crippen LogP contribution < -0.4 is 11.1 Å². The molecule has 0 radical (unpaired) electrons. The van der Waals surface area contributed by atoms with Gasteiger partial charge < -0.3 is 11.1 Å². The minimum atomic E-state index is -0.365. The summed E-state index contributed by atoms with van der Waals surface area (Å²) in [4.78, 5) is 16.6. The van der Waals surface area contributed by atoms with Crippen LogP contribution in [0.5, 0.6) is 0 Å². The quantitative estimate of drug-likeness (QED) is 0.465. The first kappa shape index (κ1) is 19.5. The first-order valence-electron chi connectivity index (χ1n) is 9.21. The molecule has 2 heterocycles. The number of aromatic nitrogens is 3. The number of hydrogen-bond acceptors (Lipinski definition) is 6. The van der Waals surface area contributed by atoms with E-state index in [1.807, 2.05) is 12.1 Å². The number of carbonyl (C=O) groups excluding carboxylic acids is 1. The number of aryl methyl sites for hydroxylation is 1. The molecule has 4 aromatic rings. The molecule has 0 fully saturated rings. The summed E-state index contributed by atoms with van der Waals surface area (Å²) in [6.45, 7) is 0.424. The smallest absolute Gasteiger partial charge is 0.251 e. The van der Waals surface area contributed by atoms with Crippen LogP contribution in [0.25, 0.3) is 15.9 Å². The first-order chi connectivity index (χ1) is 14.6. The number of hydrogen-bond donors (Lipinski definition) is 2. The molecule has 0 aliphatic carbocycles. The minimum absolute atomic E-state index is 0.165. The van der Waals surface area contributed by atoms with Crippen molar-refractivity contribution in [3.63, 3.8) is 0 Å². The molecule has 9 heteroatoms. The lowest BCUT2D eigenvalue weighted by Crippen LogP contribution is -2.24. The number of halogens is 1. The van der Waals surface area contributed by atoms with Crippen LogP contribution in [0, 0.1) is 17.1 Å². The zero-order valence-electron chi connectivity index (χ0n) is 15.8. The molecule has 0 spiro atoms. The number of nitrogens with one attached hydrogen (secondary N) is 1. The average molecular weight is 420 g/mol. The van der Waals surface area contributed by atoms with Crippen LogP contribution in [0.2, 0.25) is 0 Å². The molecule has 0 atom stereocenters. The third-order valence-electron chi connectivity index (χ3n) is 4.65. The molecular weight excluding hydrogens is 403 g/mol. The van der Waals surface area contributed by atoms with Gasteiger partial charge in [-0.1, -0.05) is 0 Å². The van der Waals surface area contributed by atoms with Crippen molar-refractivity contribution in [1.82, 2.24) is 20.1 Å². The molecule has 150 valence electrons. The van der Waals surface area contributed by atoms with Gasteiger partial charge in [0.2, 0.25) is 0 Å². The number of anilines is 1. The van der Waals surface area contributed by atoms with E-state index >= 15 is 0 Å². The predicted octanol–water partition coefficient (Wildman–Crippen LogP) is 3.44. The number of carbonyl (C=O) groups is 1. The molecule has 4 rings (SSSR count). The highest BCUT2D eigenvalue weighted by Gasteiger charge is 2.16. The summed E-state index contributed by atoms with van der Waals surface area (Å²) in [6, 6.07) is 13.2. The van der Waals surface area contributed by atoms with E-state index in [0.29, 0.717) is 41.9 Å². The fourth-order valence-corrected chi connectivity index (χ4v) is 3.83. The number of amides is 1. The van der Waals surface area contributed by atoms with Crippen LogP contribution in [0.4, 0.5) is 10.2 Å². The third-order valence-corrected chi connectivity index (χ3v) is 5.44. The Balaban J connectivity index is 1.40. The summed E-state index contributed by atoms with van der Waals surface area (Å²) in [5.41, 5.74) is 10.7. The SMILES string of the molecule is N#Cc1c(CCCNC(=O)c2ccc3ncsc3c2)nn(-c2ccc(F)cc2)c1N. The van der Waals surface area contributed by atoms with Crippen LogP contribution in [-0.4, -0.2) is 27.2 Å². The number of nitrogen functional groups attached to an aromatic ring is 1. The summed E-state index contributed by atoms with van der Waals surface area (Å²) in [5.74, 6) is -0.321. The van der Waals surface area contributed by atoms with Gasteiger partial charge >= 0.3 is 0 Å². The van der Waals surface area contributed by atoms with Crippen LogP contribution in [0.15, 0.2) is 48.0 Å². The normalized spacial score (nSPS) is 10.8. The van der Waals surface area contributed by atoms with Crippen LogP contribution in [-0.2, 0) is 6.42 Å². The lowest BCUT2D eigenvalue weighted by Gasteiger charge is -2.05. The van der Waals surface area contributed by atoms with Gasteiger partial charge in [0, 0.05) is 12.1 Å². The number of nitriles is 1. The summed E-state index contributed by atoms with van der Waals surface area (Å²) < 4.78 is 15.5. The standard InChI is InChI=1S/C21H17FN6OS/c22-14-4-6-15(7-5-14)28-20(24)16(11-23)17(27-28)2-1-9-25-21(29)13-3-8-18-19(10-13)30-12-26-18/h3-8,10,12H,1-2,9,24H2,(H,25,29). The molecule has 2 aromatic heterocycles. The van der Waals surface area contributed by atoms with E-state index in [2.05, 4.69) is 21.5 Å². The lowest BCUT2D eigenvalue weighted by molar-refractivity contribution is 0.0953. The Morgan fingerprint density at radius 3 is 2.83 bits per heavy atom. The molecule has 2 aromatic carbocycles. The van der Waals surface area contributed by atoms with E-state index < -0.39 is 0 Å². The first-order valence-corrected chi connectivity index (χ1v) is 10.1. The molecule has 1 amide bonds. The Morgan fingerprint density at radius 1 is 1.27 bits per heavy atom. The summed E-state index contributed by atoms with van der Waals surface area (Å²) in [5, 5.41) is 16.7. The Labute approximate surface area is 175 Å². The van der Waals surface area contributed by atoms with Gasteiger partial charge in [-0.2, -0.15) is 10.4 Å². The van der Waals surface area contributed by atoms with Gasteiger partial charge in [0.25, 0.3) is 5.91 Å². The van der Waals surface area contributed by atoms with E-state index in [0.717, 1.165) is 10.2 Å². The number of nitrogens with two attached hydrogens (primary N) is 1. The van der Waals surface area contributed by atoms with Gasteiger partial charge in [-0.3, -0.25) is 4.79 Å². The van der Waals surface area contributed by atoms with Crippen molar-refractivity contribution < 1.29 is 9.18 Å². The second-order valence-corrected chi connectivity index (χ2v) is 7.49. The molecule has 7 nitrogen and oxygen atoms in total. The number of thiazole rings is 1. The van der Waals surface area contributed by atoms with Crippen molar-refractivity contribution in [1.29, 1.82) is 5.26 Å². The molecular formula is C21H17FN6OS. The maximum atomic E-state index is 13.2. The van der Waals surface area contributed by atoms with Gasteiger partial charge in [0.15, 0.2) is 0 Å². The van der Waals surface area contributed by atoms with Gasteiger partial charge in [0.05, 0.1) is 27.1 Å². The summed E-state index contributed by atoms with van der Waals surface area (Å²) in [6.07, 6.45) is 1.05. The number of nitrogens with zero attached hydrogens (tertiary/aromatic N) is 4. The number of benzene rings is 2. The molecule has 0 aliphatic heterocycles. The van der Waals surface area contributed by atoms with Crippen molar-refractivity contribution in [2.24, 2.45) is 0 Å². The molecule has 0 unspecified atom stereocenters. The monoisotopic (exact) mass is 420 g/mol. The molecule has 3 N–H and O–H groups in total. The molecule has 0 saturated heterocycles. The highest BCUT2D eigenvalue weighted by Crippen LogP contribution is 2.22. The van der Waals surface area contributed by atoms with E-state index in [9.17, 15) is 14.4 Å². The maximum Gasteiger partial charge on any atom is 0.251 e. The van der Waals surface area contributed by atoms with Gasteiger partial charge in [-0.15, -0.1) is 11.3 Å². The Morgan fingerprint density at radius 2 is 2.07 bits per heavy atom. The van der Waals surface area contributed by atoms with Crippen LogP contribution in [0.1, 0.15) is 28.0 Å². The van der Waals surface area contributed by atoms with Crippen molar-refractivity contribution in [2.75, 3.05) is 12.3 Å². The number of rotatable bonds is 6. The van der Waals surface area contributed by atoms with E-state index in [-0.39, 0.29) is 17.5 Å². The fraction of sp³-hybridized carbons (Fsp3) is 0.143. The van der Waals surface area contributed by atoms with Gasteiger partial charge in [0.1, 0.15) is 23.3 Å². The van der Waals surface area contributed by atoms with E-state index in [1.54, 1.807) is 23.7 Å². The Hall–Kier alpha value is -3.77. The van der Waals surface area contributed by atoms with Crippen molar-refractivity contribution in [3.05, 3.63) is 70.6 Å². The molecule has 30 heavy (non-hydrogen) atoms. The maximum absolute atomic E-state index is 13.2. The van der Waals surface area contributed by atoms with E-state index in [4.69, 9.17) is 5.73 Å². The largest absolute Gasteiger partial charge is 0.382 e. The second-order valence-electron chi connectivity index (χ2n) is 6.60. The topological polar surface area (TPSA) is 110 Å². The highest BCUT2D eigenvalue weighted by atomic mass is 32.1. The van der Waals surface area contributed by atoms with Crippen molar-refractivity contribution >= 4 is 33.3 Å². The van der Waals surface area contributed by atoms with Crippen LogP contribution in [0.3, 0.4) is 0 Å². The molecule has 0 saturated carbocycles. The molecule has 0 bridgehead atoms. The highest BCUT2D eigenvalue weighted by molar-refractivity contribution is 7.16. The lowest BCUT2D eigenvalue weighted by atomic mass is 10.1. The average Bonchev–Trinajstić information content (AvgIpc) is 3.35. The van der Waals surface area contributed by atoms with Crippen molar-refractivity contribution in [3.8, 4) is 11.8 Å². The zero-order valence-corrected chi connectivity index (χ0v) is 16.6. The zero-order chi connectivity index (χ0) is 21.1. The van der Waals surface area contributed by atoms with Crippen molar-refractivity contribution in [2.45, 2.75) is 12.8 Å². The fourth-order valence-electron chi connectivity index (χ4n) is 3.11. The third kappa shape index (κ3) is 3.86. The van der Waals surface area contributed by atoms with Gasteiger partial charge in [-0.25, -0.2) is 14.1 Å². The predicted molar refractivity (Wildman–Crippen MR) is 113 cm³/mol.